The quantitative estimate of drug-likeness (QED) is 0.0395. The Morgan fingerprint density at radius 3 is 1.43 bits per heavy atom. The summed E-state index contributed by atoms with van der Waals surface area (Å²) < 4.78 is 111. The number of anilines is 2. The lowest BCUT2D eigenvalue weighted by Gasteiger charge is -2.28. The molecule has 1 aromatic carbocycles. The summed E-state index contributed by atoms with van der Waals surface area (Å²) in [5, 5.41) is -0.0790. The molecule has 0 amide bonds. The highest BCUT2D eigenvalue weighted by molar-refractivity contribution is 7.91. The molecule has 123 heavy (non-hydrogen) atoms. The number of morpholine rings is 1. The van der Waals surface area contributed by atoms with Crippen molar-refractivity contribution in [2.24, 2.45) is 50.7 Å². The van der Waals surface area contributed by atoms with Crippen LogP contribution in [0.25, 0.3) is 11.1 Å². The number of hydrogen-bond donors (Lipinski definition) is 2. The molecule has 6 aromatic heterocycles. The number of Topliss-reactive ketones (excluding diaryl/α,β-unsaturated/α-hetero) is 1. The number of nitrogens with zero attached hydrogens (tertiary/aromatic N) is 13. The lowest BCUT2D eigenvalue weighted by atomic mass is 9.89. The molecule has 2 saturated carbocycles. The Balaban J connectivity index is 0.000000297. The van der Waals surface area contributed by atoms with Crippen LogP contribution in [0.2, 0.25) is 0 Å². The molecule has 0 atom stereocenters. The van der Waals surface area contributed by atoms with Crippen molar-refractivity contribution < 1.29 is 48.3 Å². The number of ether oxygens (including phenoxy) is 2. The van der Waals surface area contributed by atoms with E-state index in [2.05, 4.69) is 214 Å². The Bertz CT molecular complexity index is 4350. The summed E-state index contributed by atoms with van der Waals surface area (Å²) in [7, 11) is -8.95. The molecule has 688 valence electrons. The number of pyridine rings is 1. The number of hydrogen-bond acceptors (Lipinski definition) is 22. The summed E-state index contributed by atoms with van der Waals surface area (Å²) in [5.41, 5.74) is 2.45. The Kier molecular flexibility index (Phi) is 46.0. The number of sulfone groups is 1. The third-order valence-electron chi connectivity index (χ3n) is 19.0. The molecule has 2 saturated heterocycles. The topological polar surface area (TPSA) is 310 Å². The minimum absolute atomic E-state index is 0.0415. The molecule has 4 aliphatic rings. The van der Waals surface area contributed by atoms with E-state index in [0.717, 1.165) is 176 Å². The predicted octanol–water partition coefficient (Wildman–Crippen LogP) is 19.7. The average molecular weight is 1770 g/mol. The number of alkyl halides is 2. The number of benzene rings is 1. The monoisotopic (exact) mass is 1770 g/mol. The summed E-state index contributed by atoms with van der Waals surface area (Å²) >= 11 is 0. The number of piperidine rings is 1. The smallest absolute Gasteiger partial charge is 0.316 e. The van der Waals surface area contributed by atoms with Crippen LogP contribution >= 0.6 is 0 Å². The summed E-state index contributed by atoms with van der Waals surface area (Å²) in [6.07, 6.45) is 32.8. The molecule has 8 heterocycles. The molecule has 29 heteroatoms. The van der Waals surface area contributed by atoms with Crippen LogP contribution in [0.5, 0.6) is 6.01 Å². The number of rotatable bonds is 30. The van der Waals surface area contributed by atoms with Crippen LogP contribution in [-0.4, -0.2) is 162 Å². The number of carbonyl (C=O) groups excluding carboxylic acids is 1. The van der Waals surface area contributed by atoms with Crippen molar-refractivity contribution in [2.45, 2.75) is 284 Å². The number of halogens is 2. The largest absolute Gasteiger partial charge is 0.463 e. The fourth-order valence-corrected chi connectivity index (χ4v) is 16.1. The second-order valence-electron chi connectivity index (χ2n) is 39.6. The maximum Gasteiger partial charge on any atom is 0.316 e. The Morgan fingerprint density at radius 2 is 0.976 bits per heavy atom. The van der Waals surface area contributed by atoms with Crippen molar-refractivity contribution in [3.63, 3.8) is 0 Å². The van der Waals surface area contributed by atoms with Gasteiger partial charge in [-0.05, 0) is 177 Å². The Morgan fingerprint density at radius 1 is 0.496 bits per heavy atom. The molecule has 7 aromatic rings. The maximum absolute atomic E-state index is 13.1. The Hall–Kier alpha value is -7.57. The highest BCUT2D eigenvalue weighted by Crippen LogP contribution is 2.32. The first-order valence-electron chi connectivity index (χ1n) is 44.2. The summed E-state index contributed by atoms with van der Waals surface area (Å²) in [5.74, 6) is 5.32. The second kappa shape index (κ2) is 52.5. The van der Waals surface area contributed by atoms with E-state index in [1.165, 1.54) is 31.5 Å². The molecular formula is C94H151F2N15O9S3. The van der Waals surface area contributed by atoms with E-state index >= 15 is 0 Å². The molecule has 24 nitrogen and oxygen atoms in total. The molecule has 2 aliphatic carbocycles. The van der Waals surface area contributed by atoms with Gasteiger partial charge in [-0.1, -0.05) is 176 Å². The molecule has 0 spiro atoms. The van der Waals surface area contributed by atoms with Crippen LogP contribution in [0, 0.1) is 50.7 Å². The van der Waals surface area contributed by atoms with Crippen LogP contribution in [0.3, 0.4) is 0 Å². The lowest BCUT2D eigenvalue weighted by Crippen LogP contribution is -2.37. The van der Waals surface area contributed by atoms with E-state index in [0.29, 0.717) is 83.4 Å². The van der Waals surface area contributed by atoms with Gasteiger partial charge in [0.25, 0.3) is 5.92 Å². The first kappa shape index (κ1) is 108. The molecule has 0 unspecified atom stereocenters. The van der Waals surface area contributed by atoms with Gasteiger partial charge >= 0.3 is 6.01 Å². The van der Waals surface area contributed by atoms with E-state index in [9.17, 15) is 38.8 Å². The fourth-order valence-electron chi connectivity index (χ4n) is 11.8. The molecule has 4 fully saturated rings. The van der Waals surface area contributed by atoms with E-state index in [1.807, 2.05) is 24.5 Å². The lowest BCUT2D eigenvalue weighted by molar-refractivity contribution is 0.0127. The van der Waals surface area contributed by atoms with Crippen molar-refractivity contribution in [3.8, 4) is 17.1 Å². The number of sulfonamides is 2. The molecule has 0 bridgehead atoms. The van der Waals surface area contributed by atoms with Gasteiger partial charge in [0.2, 0.25) is 20.0 Å². The van der Waals surface area contributed by atoms with Gasteiger partial charge in [0.15, 0.2) is 21.4 Å². The third kappa shape index (κ3) is 51.6. The first-order valence-corrected chi connectivity index (χ1v) is 49.0. The SMILES string of the molecule is CC(C)(C)CCCC(=O)c1ncccn1.CC(C)(C)CCOc1ncccn1.CC(C)(C)Cc1ncc(-c2ccc(C(C)(F)F)nc2)cn1.CC(C)(C)Cc1nccc(N2CCCCC2)n1.CC(C)(C)Cc1nccc(N2CCOCC2)n1.CC(C)CCCS(=O)(=O)CC1CC1.CC(C)CCNS(=O)(=O)C1CC1.CC(C)CCNS(=O)(=O)c1ccccc1. The Labute approximate surface area is 739 Å². The van der Waals surface area contributed by atoms with Crippen molar-refractivity contribution in [3.05, 3.63) is 151 Å². The number of nitrogens with one attached hydrogen (secondary N) is 2. The zero-order chi connectivity index (χ0) is 91.7. The van der Waals surface area contributed by atoms with Gasteiger partial charge < -0.3 is 19.3 Å². The zero-order valence-corrected chi connectivity index (χ0v) is 80.9. The maximum atomic E-state index is 13.1. The number of carbonyl (C=O) groups is 1. The van der Waals surface area contributed by atoms with E-state index in [4.69, 9.17) is 14.5 Å². The molecule has 2 aliphatic heterocycles. The van der Waals surface area contributed by atoms with Gasteiger partial charge in [0, 0.05) is 139 Å². The van der Waals surface area contributed by atoms with Gasteiger partial charge in [0.1, 0.15) is 34.8 Å². The van der Waals surface area contributed by atoms with Gasteiger partial charge in [-0.25, -0.2) is 84.5 Å². The summed E-state index contributed by atoms with van der Waals surface area (Å²) in [6.45, 7) is 53.6. The van der Waals surface area contributed by atoms with Gasteiger partial charge in [-0.2, -0.15) is 8.78 Å². The summed E-state index contributed by atoms with van der Waals surface area (Å²) in [4.78, 5) is 62.9. The van der Waals surface area contributed by atoms with Crippen molar-refractivity contribution in [1.29, 1.82) is 0 Å². The van der Waals surface area contributed by atoms with E-state index in [-0.39, 0.29) is 38.4 Å². The van der Waals surface area contributed by atoms with Crippen molar-refractivity contribution in [1.82, 2.24) is 64.3 Å². The van der Waals surface area contributed by atoms with Crippen LogP contribution in [0.15, 0.2) is 127 Å². The normalized spacial score (nSPS) is 14.7. The van der Waals surface area contributed by atoms with Crippen LogP contribution in [0.1, 0.15) is 282 Å². The first-order chi connectivity index (χ1) is 57.3. The van der Waals surface area contributed by atoms with Crippen LogP contribution in [-0.2, 0) is 59.8 Å². The van der Waals surface area contributed by atoms with Crippen molar-refractivity contribution >= 4 is 47.3 Å². The number of aromatic nitrogens is 11. The second-order valence-corrected chi connectivity index (χ2v) is 45.7. The highest BCUT2D eigenvalue weighted by atomic mass is 32.2. The third-order valence-corrected chi connectivity index (χ3v) is 24.3. The van der Waals surface area contributed by atoms with Crippen LogP contribution < -0.4 is 24.0 Å². The van der Waals surface area contributed by atoms with Crippen LogP contribution in [0.4, 0.5) is 20.4 Å². The van der Waals surface area contributed by atoms with Gasteiger partial charge in [-0.3, -0.25) is 9.78 Å². The van der Waals surface area contributed by atoms with E-state index < -0.39 is 35.8 Å². The minimum atomic E-state index is -3.31. The standard InChI is InChI=1S/C16H19F2N3.C14H23N3.C13H21N3O.C12H18N2O.C11H17NO2S.C10H16N2O.C10H20O2S.C8H17NO2S/c1-15(2,3)7-14-20-9-12(10-21-14)11-5-6-13(19-8-11)16(4,17)18;1-14(2,3)11-12-15-8-7-13(16-12)17-9-5-4-6-10-17;1-13(2,3)10-11-14-5-4-12(15-11)16-6-8-17-9-7-16;1-12(2,3)7-4-6-10(15)11-13-8-5-9-14-11;1-10(2)8-9-12-15(13,14)11-6-4-3-5-7-11;1-10(2,3)5-8-13-9-11-6-4-7-12-9;1-9(2)4-3-7-13(11,12)8-10-5-6-10;1-7(2)5-6-9-12(10,11)8-3-4-8/h5-6,8-10H,7H2,1-4H3;7-8H,4-6,9-11H2,1-3H3;4-5H,6-10H2,1-3H3;5,8-9H,4,6-7H2,1-3H3;3-7,10,12H,8-9H2,1-2H3;4,6-7H,5,8H2,1-3H3;9-10H,3-8H2,1-2H3;7-9H,3-6H2,1-2H3. The minimum Gasteiger partial charge on any atom is -0.463 e. The average Bonchev–Trinajstić information content (AvgIpc) is 1.72. The summed E-state index contributed by atoms with van der Waals surface area (Å²) in [6, 6.07) is 19.3. The highest BCUT2D eigenvalue weighted by Gasteiger charge is 2.35. The predicted molar refractivity (Wildman–Crippen MR) is 495 cm³/mol. The zero-order valence-electron chi connectivity index (χ0n) is 78.4. The van der Waals surface area contributed by atoms with Crippen molar-refractivity contribution in [2.75, 3.05) is 80.4 Å². The molecule has 11 rings (SSSR count). The molecule has 0 radical (unpaired) electrons. The molecular weight excluding hydrogens is 1620 g/mol. The van der Waals surface area contributed by atoms with E-state index in [1.54, 1.807) is 85.7 Å². The molecule has 2 N–H and O–H groups in total. The fraction of sp³-hybridized carbons (Fsp3) is 0.660. The number of ketones is 1. The van der Waals surface area contributed by atoms with Gasteiger partial charge in [0.05, 0.1) is 41.5 Å². The van der Waals surface area contributed by atoms with Gasteiger partial charge in [-0.15, -0.1) is 0 Å².